The molecule has 0 saturated heterocycles. The van der Waals surface area contributed by atoms with Crippen molar-refractivity contribution in [1.82, 2.24) is 14.8 Å². The number of carbonyl (C=O) groups excluding carboxylic acids is 1. The van der Waals surface area contributed by atoms with Gasteiger partial charge in [-0.3, -0.25) is 4.79 Å². The van der Waals surface area contributed by atoms with E-state index in [9.17, 15) is 4.79 Å². The summed E-state index contributed by atoms with van der Waals surface area (Å²) in [4.78, 5) is 19.4. The van der Waals surface area contributed by atoms with Crippen molar-refractivity contribution in [2.75, 3.05) is 11.4 Å². The first-order chi connectivity index (χ1) is 12.5. The molecule has 0 fully saturated rings. The second-order valence-corrected chi connectivity index (χ2v) is 6.95. The number of hydrogen-bond acceptors (Lipinski definition) is 3. The quantitative estimate of drug-likeness (QED) is 0.704. The molecule has 0 spiro atoms. The Bertz CT molecular complexity index is 958. The molecule has 2 aromatic heterocycles. The summed E-state index contributed by atoms with van der Waals surface area (Å²) in [6, 6.07) is 13.9. The van der Waals surface area contributed by atoms with Crippen LogP contribution in [0.4, 0.5) is 5.69 Å². The number of hydrogen-bond donors (Lipinski definition) is 0. The molecule has 1 unspecified atom stereocenters. The zero-order chi connectivity index (χ0) is 18.3. The van der Waals surface area contributed by atoms with Gasteiger partial charge in [-0.2, -0.15) is 5.10 Å². The molecule has 132 valence electrons. The van der Waals surface area contributed by atoms with Crippen molar-refractivity contribution < 1.29 is 4.79 Å². The van der Waals surface area contributed by atoms with Gasteiger partial charge in [-0.1, -0.05) is 25.1 Å². The van der Waals surface area contributed by atoms with Crippen LogP contribution in [0.5, 0.6) is 0 Å². The van der Waals surface area contributed by atoms with Gasteiger partial charge in [0.2, 0.25) is 0 Å². The molecule has 0 saturated carbocycles. The molecular weight excluding hydrogens is 324 g/mol. The first-order valence-corrected chi connectivity index (χ1v) is 8.95. The summed E-state index contributed by atoms with van der Waals surface area (Å²) in [7, 11) is 0. The monoisotopic (exact) mass is 346 g/mol. The van der Waals surface area contributed by atoms with Crippen molar-refractivity contribution >= 4 is 11.6 Å². The number of pyridine rings is 1. The zero-order valence-electron chi connectivity index (χ0n) is 15.3. The second-order valence-electron chi connectivity index (χ2n) is 6.95. The number of amides is 1. The Morgan fingerprint density at radius 2 is 1.96 bits per heavy atom. The minimum Gasteiger partial charge on any atom is -0.308 e. The number of aromatic nitrogens is 3. The van der Waals surface area contributed by atoms with E-state index in [1.54, 1.807) is 10.9 Å². The number of para-hydroxylation sites is 1. The first-order valence-electron chi connectivity index (χ1n) is 8.95. The number of rotatable bonds is 2. The molecule has 1 aliphatic heterocycles. The van der Waals surface area contributed by atoms with Crippen LogP contribution in [0.25, 0.3) is 5.82 Å². The fourth-order valence-electron chi connectivity index (χ4n) is 3.61. The highest BCUT2D eigenvalue weighted by molar-refractivity contribution is 6.06. The molecule has 3 heterocycles. The number of nitrogens with zero attached hydrogens (tertiary/aromatic N) is 4. The lowest BCUT2D eigenvalue weighted by atomic mass is 9.91. The summed E-state index contributed by atoms with van der Waals surface area (Å²) < 4.78 is 1.79. The van der Waals surface area contributed by atoms with Gasteiger partial charge in [-0.15, -0.1) is 0 Å². The van der Waals surface area contributed by atoms with Crippen molar-refractivity contribution in [3.63, 3.8) is 0 Å². The van der Waals surface area contributed by atoms with Crippen LogP contribution in [0.1, 0.15) is 46.6 Å². The molecule has 0 aliphatic carbocycles. The molecular formula is C21H22N4O. The SMILES string of the molecule is Cc1cc(C)n(-c2ccc(C(=O)N3CCC(C)c4ccccc43)cn2)n1. The Morgan fingerprint density at radius 1 is 1.15 bits per heavy atom. The standard InChI is InChI=1S/C21H22N4O/c1-14-10-11-24(19-7-5-4-6-18(14)19)21(26)17-8-9-20(22-13-17)25-16(3)12-15(2)23-25/h4-9,12-14H,10-11H2,1-3H3. The molecule has 0 bridgehead atoms. The molecule has 1 atom stereocenters. The number of aryl methyl sites for hydroxylation is 2. The molecule has 1 aromatic carbocycles. The van der Waals surface area contributed by atoms with Crippen LogP contribution in [0.3, 0.4) is 0 Å². The summed E-state index contributed by atoms with van der Waals surface area (Å²) in [6.07, 6.45) is 2.62. The van der Waals surface area contributed by atoms with Crippen LogP contribution in [0.2, 0.25) is 0 Å². The summed E-state index contributed by atoms with van der Waals surface area (Å²) in [5.74, 6) is 1.19. The van der Waals surface area contributed by atoms with Crippen LogP contribution < -0.4 is 4.90 Å². The molecule has 5 nitrogen and oxygen atoms in total. The highest BCUT2D eigenvalue weighted by Crippen LogP contribution is 2.35. The van der Waals surface area contributed by atoms with Gasteiger partial charge >= 0.3 is 0 Å². The summed E-state index contributed by atoms with van der Waals surface area (Å²) in [6.45, 7) is 6.89. The maximum atomic E-state index is 13.1. The van der Waals surface area contributed by atoms with Gasteiger partial charge in [-0.25, -0.2) is 9.67 Å². The summed E-state index contributed by atoms with van der Waals surface area (Å²) in [5.41, 5.74) is 4.81. The van der Waals surface area contributed by atoms with Crippen LogP contribution in [-0.4, -0.2) is 27.2 Å². The molecule has 1 amide bonds. The highest BCUT2D eigenvalue weighted by atomic mass is 16.2. The van der Waals surface area contributed by atoms with Gasteiger partial charge < -0.3 is 4.90 Å². The highest BCUT2D eigenvalue weighted by Gasteiger charge is 2.27. The van der Waals surface area contributed by atoms with E-state index in [2.05, 4.69) is 23.1 Å². The Kier molecular flexibility index (Phi) is 4.07. The Morgan fingerprint density at radius 3 is 2.65 bits per heavy atom. The minimum atomic E-state index is -0.00299. The van der Waals surface area contributed by atoms with Crippen molar-refractivity contribution in [2.45, 2.75) is 33.1 Å². The maximum Gasteiger partial charge on any atom is 0.259 e. The maximum absolute atomic E-state index is 13.1. The van der Waals surface area contributed by atoms with E-state index < -0.39 is 0 Å². The lowest BCUT2D eigenvalue weighted by molar-refractivity contribution is 0.0984. The smallest absolute Gasteiger partial charge is 0.259 e. The largest absolute Gasteiger partial charge is 0.308 e. The lowest BCUT2D eigenvalue weighted by Gasteiger charge is -2.33. The first kappa shape index (κ1) is 16.5. The van der Waals surface area contributed by atoms with Crippen LogP contribution in [-0.2, 0) is 0 Å². The van der Waals surface area contributed by atoms with E-state index in [-0.39, 0.29) is 5.91 Å². The Hall–Kier alpha value is -2.95. The van der Waals surface area contributed by atoms with Gasteiger partial charge in [0, 0.05) is 24.1 Å². The van der Waals surface area contributed by atoms with E-state index in [1.807, 2.05) is 55.1 Å². The van der Waals surface area contributed by atoms with Gasteiger partial charge in [0.25, 0.3) is 5.91 Å². The third kappa shape index (κ3) is 2.79. The summed E-state index contributed by atoms with van der Waals surface area (Å²) in [5, 5.41) is 4.44. The molecule has 3 aromatic rings. The van der Waals surface area contributed by atoms with Gasteiger partial charge in [0.1, 0.15) is 0 Å². The zero-order valence-corrected chi connectivity index (χ0v) is 15.3. The van der Waals surface area contributed by atoms with E-state index >= 15 is 0 Å². The van der Waals surface area contributed by atoms with Gasteiger partial charge in [-0.05, 0) is 56.0 Å². The minimum absolute atomic E-state index is 0.00299. The normalized spacial score (nSPS) is 16.4. The van der Waals surface area contributed by atoms with Gasteiger partial charge in [0.15, 0.2) is 5.82 Å². The van der Waals surface area contributed by atoms with Crippen LogP contribution in [0, 0.1) is 13.8 Å². The molecule has 5 heteroatoms. The third-order valence-corrected chi connectivity index (χ3v) is 5.01. The molecule has 4 rings (SSSR count). The average molecular weight is 346 g/mol. The number of carbonyl (C=O) groups is 1. The van der Waals surface area contributed by atoms with Gasteiger partial charge in [0.05, 0.1) is 11.3 Å². The van der Waals surface area contributed by atoms with Crippen molar-refractivity contribution in [3.05, 3.63) is 71.2 Å². The van der Waals surface area contributed by atoms with E-state index in [1.165, 1.54) is 5.56 Å². The van der Waals surface area contributed by atoms with Crippen molar-refractivity contribution in [1.29, 1.82) is 0 Å². The fourth-order valence-corrected chi connectivity index (χ4v) is 3.61. The van der Waals surface area contributed by atoms with Crippen LogP contribution >= 0.6 is 0 Å². The number of anilines is 1. The van der Waals surface area contributed by atoms with Crippen LogP contribution in [0.15, 0.2) is 48.7 Å². The average Bonchev–Trinajstić information content (AvgIpc) is 3.00. The molecule has 0 radical (unpaired) electrons. The predicted octanol–water partition coefficient (Wildman–Crippen LogP) is 4.04. The van der Waals surface area contributed by atoms with E-state index in [0.29, 0.717) is 11.5 Å². The lowest BCUT2D eigenvalue weighted by Crippen LogP contribution is -2.36. The Labute approximate surface area is 153 Å². The fraction of sp³-hybridized carbons (Fsp3) is 0.286. The third-order valence-electron chi connectivity index (χ3n) is 5.01. The number of fused-ring (bicyclic) bond motifs is 1. The molecule has 0 N–H and O–H groups in total. The molecule has 1 aliphatic rings. The van der Waals surface area contributed by atoms with E-state index in [4.69, 9.17) is 0 Å². The van der Waals surface area contributed by atoms with Crippen molar-refractivity contribution in [3.8, 4) is 5.82 Å². The second kappa shape index (κ2) is 6.41. The topological polar surface area (TPSA) is 51.0 Å². The predicted molar refractivity (Wildman–Crippen MR) is 102 cm³/mol. The Balaban J connectivity index is 1.63. The molecule has 26 heavy (non-hydrogen) atoms. The van der Waals surface area contributed by atoms with E-state index in [0.717, 1.165) is 35.9 Å². The van der Waals surface area contributed by atoms with Crippen molar-refractivity contribution in [2.24, 2.45) is 0 Å². The summed E-state index contributed by atoms with van der Waals surface area (Å²) >= 11 is 0. The number of benzene rings is 1.